The summed E-state index contributed by atoms with van der Waals surface area (Å²) in [6.07, 6.45) is 16.7. The Morgan fingerprint density at radius 2 is 1.07 bits per heavy atom. The van der Waals surface area contributed by atoms with Gasteiger partial charge in [-0.05, 0) is 50.6 Å². The van der Waals surface area contributed by atoms with E-state index in [9.17, 15) is 0 Å². The SMILES string of the molecule is CC(C)(C)c1ccc2c(c1)=C1C(=Cc3ccc(-c4ccccc4)cc3)C(C(C)(C)C)C(=Cc3ccc(-c4ccccc4)cc3)C(C3=CC=CC3)=C1[C-]=2.[Cl-].[Cl-].[Zr+3]. The second-order valence-corrected chi connectivity index (χ2v) is 16.6. The summed E-state index contributed by atoms with van der Waals surface area (Å²) < 4.78 is 0. The summed E-state index contributed by atoms with van der Waals surface area (Å²) in [4.78, 5) is 0. The summed E-state index contributed by atoms with van der Waals surface area (Å²) in [5.41, 5.74) is 16.7. The zero-order valence-electron chi connectivity index (χ0n) is 32.6. The summed E-state index contributed by atoms with van der Waals surface area (Å²) in [5, 5.41) is 2.49. The summed E-state index contributed by atoms with van der Waals surface area (Å²) in [7, 11) is 0. The normalized spacial score (nSPS) is 17.5. The minimum atomic E-state index is -0.0770. The number of halogens is 2. The molecule has 8 rings (SSSR count). The molecule has 55 heavy (non-hydrogen) atoms. The first-order valence-electron chi connectivity index (χ1n) is 18.7. The second-order valence-electron chi connectivity index (χ2n) is 16.6. The topological polar surface area (TPSA) is 0 Å². The molecule has 0 saturated carbocycles. The Balaban J connectivity index is 0.00000193. The zero-order chi connectivity index (χ0) is 36.0. The largest absolute Gasteiger partial charge is 3.00 e. The molecule has 0 amide bonds. The van der Waals surface area contributed by atoms with Crippen LogP contribution >= 0.6 is 0 Å². The van der Waals surface area contributed by atoms with Crippen molar-refractivity contribution in [1.29, 1.82) is 0 Å². The predicted molar refractivity (Wildman–Crippen MR) is 223 cm³/mol. The molecule has 1 unspecified atom stereocenters. The Morgan fingerprint density at radius 1 is 0.582 bits per heavy atom. The van der Waals surface area contributed by atoms with Crippen molar-refractivity contribution in [3.8, 4) is 22.3 Å². The van der Waals surface area contributed by atoms with Crippen LogP contribution in [-0.4, -0.2) is 0 Å². The molecule has 0 saturated heterocycles. The number of benzene rings is 5. The monoisotopic (exact) mass is 831 g/mol. The fourth-order valence-corrected chi connectivity index (χ4v) is 8.13. The van der Waals surface area contributed by atoms with Crippen molar-refractivity contribution >= 4 is 23.8 Å². The third-order valence-electron chi connectivity index (χ3n) is 10.8. The molecule has 0 fully saturated rings. The summed E-state index contributed by atoms with van der Waals surface area (Å²) >= 11 is 0. The molecule has 0 heterocycles. The molecule has 0 bridgehead atoms. The van der Waals surface area contributed by atoms with E-state index in [4.69, 9.17) is 0 Å². The fourth-order valence-electron chi connectivity index (χ4n) is 8.13. The van der Waals surface area contributed by atoms with Gasteiger partial charge >= 0.3 is 26.2 Å². The van der Waals surface area contributed by atoms with Gasteiger partial charge in [-0.25, -0.2) is 0 Å². The first-order chi connectivity index (χ1) is 25.0. The van der Waals surface area contributed by atoms with E-state index in [1.54, 1.807) is 0 Å². The molecule has 273 valence electrons. The van der Waals surface area contributed by atoms with Gasteiger partial charge in [0.1, 0.15) is 0 Å². The number of hydrogen-bond acceptors (Lipinski definition) is 0. The van der Waals surface area contributed by atoms with Crippen molar-refractivity contribution in [2.24, 2.45) is 11.3 Å². The van der Waals surface area contributed by atoms with E-state index in [1.807, 2.05) is 0 Å². The first-order valence-corrected chi connectivity index (χ1v) is 18.7. The molecule has 3 aliphatic carbocycles. The van der Waals surface area contributed by atoms with E-state index in [2.05, 4.69) is 205 Å². The fraction of sp³-hybridized carbons (Fsp3) is 0.192. The quantitative estimate of drug-likeness (QED) is 0.186. The van der Waals surface area contributed by atoms with Gasteiger partial charge in [0.05, 0.1) is 0 Å². The van der Waals surface area contributed by atoms with E-state index in [1.165, 1.54) is 82.8 Å². The van der Waals surface area contributed by atoms with Gasteiger partial charge in [0, 0.05) is 5.92 Å². The number of rotatable bonds is 5. The molecule has 1 atom stereocenters. The maximum atomic E-state index is 4.00. The summed E-state index contributed by atoms with van der Waals surface area (Å²) in [5.74, 6) is 0.136. The van der Waals surface area contributed by atoms with Crippen molar-refractivity contribution in [3.05, 3.63) is 201 Å². The number of allylic oxidation sites excluding steroid dienone is 8. The third kappa shape index (κ3) is 8.56. The maximum Gasteiger partial charge on any atom is 3.00 e. The molecule has 0 aromatic heterocycles. The van der Waals surface area contributed by atoms with Crippen LogP contribution in [0.1, 0.15) is 64.7 Å². The first kappa shape index (κ1) is 42.2. The van der Waals surface area contributed by atoms with Crippen LogP contribution in [0.2, 0.25) is 0 Å². The molecule has 0 aliphatic heterocycles. The number of hydrogen-bond donors (Lipinski definition) is 0. The smallest absolute Gasteiger partial charge is 1.00 e. The molecular weight excluding hydrogens is 787 g/mol. The van der Waals surface area contributed by atoms with Crippen molar-refractivity contribution in [1.82, 2.24) is 0 Å². The van der Waals surface area contributed by atoms with Crippen LogP contribution in [0.15, 0.2) is 173 Å². The van der Waals surface area contributed by atoms with Gasteiger partial charge in [0.15, 0.2) is 0 Å². The third-order valence-corrected chi connectivity index (χ3v) is 10.8. The van der Waals surface area contributed by atoms with Crippen LogP contribution in [0.5, 0.6) is 0 Å². The van der Waals surface area contributed by atoms with Crippen LogP contribution in [0.3, 0.4) is 0 Å². The predicted octanol–water partition coefficient (Wildman–Crippen LogP) is 6.17. The molecule has 5 aromatic carbocycles. The Morgan fingerprint density at radius 3 is 1.53 bits per heavy atom. The average molecular weight is 834 g/mol. The van der Waals surface area contributed by atoms with Crippen LogP contribution in [0.4, 0.5) is 0 Å². The molecule has 3 heteroatoms. The van der Waals surface area contributed by atoms with E-state index < -0.39 is 0 Å². The van der Waals surface area contributed by atoms with Gasteiger partial charge < -0.3 is 24.8 Å². The number of fused-ring (bicyclic) bond motifs is 2. The van der Waals surface area contributed by atoms with Crippen LogP contribution in [-0.2, 0) is 31.6 Å². The minimum absolute atomic E-state index is 0. The van der Waals surface area contributed by atoms with E-state index in [0.717, 1.165) is 6.42 Å². The van der Waals surface area contributed by atoms with Gasteiger partial charge in [-0.15, -0.1) is 33.7 Å². The van der Waals surface area contributed by atoms with Crippen molar-refractivity contribution in [2.45, 2.75) is 53.4 Å². The average Bonchev–Trinajstić information content (AvgIpc) is 3.81. The van der Waals surface area contributed by atoms with Gasteiger partial charge in [-0.2, -0.15) is 0 Å². The van der Waals surface area contributed by atoms with Crippen molar-refractivity contribution in [2.75, 3.05) is 0 Å². The zero-order valence-corrected chi connectivity index (χ0v) is 36.5. The minimum Gasteiger partial charge on any atom is -1.00 e. The van der Waals surface area contributed by atoms with Crippen molar-refractivity contribution < 1.29 is 51.0 Å². The van der Waals surface area contributed by atoms with E-state index in [0.29, 0.717) is 0 Å². The van der Waals surface area contributed by atoms with Gasteiger partial charge in [-0.1, -0.05) is 221 Å². The molecule has 0 spiro atoms. The maximum absolute atomic E-state index is 4.00. The summed E-state index contributed by atoms with van der Waals surface area (Å²) in [6, 6.07) is 46.6. The Kier molecular flexibility index (Phi) is 13.0. The van der Waals surface area contributed by atoms with Crippen LogP contribution < -0.4 is 35.3 Å². The Hall–Kier alpha value is -4.00. The molecule has 3 aliphatic rings. The molecule has 5 aromatic rings. The van der Waals surface area contributed by atoms with Gasteiger partial charge in [0.25, 0.3) is 0 Å². The molecule has 0 N–H and O–H groups in total. The van der Waals surface area contributed by atoms with E-state index in [-0.39, 0.29) is 67.8 Å². The standard InChI is InChI=1S/C52H47.2ClH.Zr/c1-51(2,3)43-30-29-42-33-45-48(41-19-13-14-20-41)46(31-35-21-25-39(26-22-35)37-15-9-7-10-16-37)50(52(4,5)6)47(49(45)44(42)34-43)32-36-23-27-40(28-24-36)38-17-11-8-12-18-38;;;/h7-19,21-32,34,50H,20H2,1-6H3;2*1H;/q-1;;;+3/p-2. The molecular formula is C52H47Cl2Zr. The molecule has 1 radical (unpaired) electrons. The van der Waals surface area contributed by atoms with Gasteiger partial charge in [0.2, 0.25) is 0 Å². The van der Waals surface area contributed by atoms with E-state index >= 15 is 0 Å². The van der Waals surface area contributed by atoms with Crippen molar-refractivity contribution in [3.63, 3.8) is 0 Å². The van der Waals surface area contributed by atoms with Crippen LogP contribution in [0.25, 0.3) is 46.1 Å². The summed E-state index contributed by atoms with van der Waals surface area (Å²) in [6.45, 7) is 14.2. The van der Waals surface area contributed by atoms with Gasteiger partial charge in [-0.3, -0.25) is 0 Å². The Bertz CT molecular complexity index is 2450. The molecule has 0 nitrogen and oxygen atoms in total. The van der Waals surface area contributed by atoms with Crippen LogP contribution in [0, 0.1) is 11.3 Å². The Labute approximate surface area is 359 Å². The second kappa shape index (κ2) is 17.0.